The van der Waals surface area contributed by atoms with Crippen LogP contribution in [0.15, 0.2) is 60.7 Å². The number of rotatable bonds is 5. The van der Waals surface area contributed by atoms with Crippen LogP contribution in [0.5, 0.6) is 11.5 Å². The molecule has 104 valence electrons. The summed E-state index contributed by atoms with van der Waals surface area (Å²) in [6, 6.07) is 17.9. The van der Waals surface area contributed by atoms with Crippen LogP contribution in [0, 0.1) is 5.41 Å². The molecular formula is C14H15N3O3. The van der Waals surface area contributed by atoms with E-state index in [1.165, 1.54) is 0 Å². The molecule has 1 unspecified atom stereocenters. The molecule has 2 aromatic carbocycles. The van der Waals surface area contributed by atoms with Crippen molar-refractivity contribution in [2.75, 3.05) is 0 Å². The van der Waals surface area contributed by atoms with E-state index in [2.05, 4.69) is 5.48 Å². The second-order valence-electron chi connectivity index (χ2n) is 3.77. The Bertz CT molecular complexity index is 534. The van der Waals surface area contributed by atoms with Crippen LogP contribution >= 0.6 is 0 Å². The zero-order chi connectivity index (χ0) is 14.2. The molecule has 6 heteroatoms. The van der Waals surface area contributed by atoms with E-state index in [9.17, 15) is 0 Å². The van der Waals surface area contributed by atoms with Gasteiger partial charge in [-0.25, -0.2) is 5.41 Å². The molecule has 4 N–H and O–H groups in total. The molecule has 0 spiro atoms. The first-order valence-corrected chi connectivity index (χ1v) is 5.95. The largest absolute Gasteiger partial charge is 0.459 e. The Labute approximate surface area is 116 Å². The smallest absolute Gasteiger partial charge is 0.405 e. The van der Waals surface area contributed by atoms with Gasteiger partial charge in [-0.05, 0) is 24.3 Å². The van der Waals surface area contributed by atoms with E-state index in [0.717, 1.165) is 0 Å². The molecular weight excluding hydrogens is 258 g/mol. The molecule has 2 rings (SSSR count). The summed E-state index contributed by atoms with van der Waals surface area (Å²) in [4.78, 5) is 4.84. The van der Waals surface area contributed by atoms with E-state index < -0.39 is 12.4 Å². The Morgan fingerprint density at radius 1 is 0.950 bits per heavy atom. The van der Waals surface area contributed by atoms with Gasteiger partial charge in [0.1, 0.15) is 11.5 Å². The first-order valence-electron chi connectivity index (χ1n) is 5.95. The lowest BCUT2D eigenvalue weighted by atomic mass is 10.3. The first kappa shape index (κ1) is 13.9. The lowest BCUT2D eigenvalue weighted by Crippen LogP contribution is -2.44. The van der Waals surface area contributed by atoms with Crippen LogP contribution in [0.4, 0.5) is 0 Å². The molecule has 0 fully saturated rings. The average molecular weight is 273 g/mol. The summed E-state index contributed by atoms with van der Waals surface area (Å²) in [6.45, 7) is 0. The van der Waals surface area contributed by atoms with E-state index >= 15 is 0 Å². The summed E-state index contributed by atoms with van der Waals surface area (Å²) in [5, 5.41) is 7.48. The molecule has 0 amide bonds. The fraction of sp³-hybridized carbons (Fsp3) is 0.0714. The minimum atomic E-state index is -0.919. The van der Waals surface area contributed by atoms with Crippen LogP contribution in [0.1, 0.15) is 0 Å². The van der Waals surface area contributed by atoms with Crippen LogP contribution in [-0.4, -0.2) is 12.4 Å². The van der Waals surface area contributed by atoms with E-state index in [0.29, 0.717) is 11.5 Å². The van der Waals surface area contributed by atoms with Crippen molar-refractivity contribution in [3.05, 3.63) is 60.7 Å². The third-order valence-corrected chi connectivity index (χ3v) is 2.23. The summed E-state index contributed by atoms with van der Waals surface area (Å²) in [7, 11) is 0. The van der Waals surface area contributed by atoms with Crippen LogP contribution in [0.25, 0.3) is 0 Å². The van der Waals surface area contributed by atoms with Gasteiger partial charge in [0.2, 0.25) is 6.35 Å². The number of hydrogen-bond acceptors (Lipinski definition) is 6. The maximum Gasteiger partial charge on any atom is 0.405 e. The van der Waals surface area contributed by atoms with E-state index in [1.54, 1.807) is 36.4 Å². The molecule has 0 aliphatic carbocycles. The van der Waals surface area contributed by atoms with Gasteiger partial charge in [0.15, 0.2) is 0 Å². The Kier molecular flexibility index (Phi) is 4.94. The van der Waals surface area contributed by atoms with E-state index in [1.807, 2.05) is 24.3 Å². The second-order valence-corrected chi connectivity index (χ2v) is 3.77. The van der Waals surface area contributed by atoms with Crippen molar-refractivity contribution in [1.82, 2.24) is 5.48 Å². The number of nitrogens with two attached hydrogens (primary N) is 1. The molecule has 20 heavy (non-hydrogen) atoms. The molecule has 2 aromatic rings. The third-order valence-electron chi connectivity index (χ3n) is 2.23. The standard InChI is InChI=1S/C14H15N3O3/c15-13(18-11-7-3-1-4-8-11)17-20-14(16)19-12-9-5-2-6-10-12/h1-10,13,16-17H,15H2. The summed E-state index contributed by atoms with van der Waals surface area (Å²) in [5.41, 5.74) is 7.99. The molecule has 0 radical (unpaired) electrons. The van der Waals surface area contributed by atoms with Gasteiger partial charge in [-0.15, -0.1) is 0 Å². The fourth-order valence-corrected chi connectivity index (χ4v) is 1.40. The molecule has 0 heterocycles. The lowest BCUT2D eigenvalue weighted by Gasteiger charge is -2.16. The molecule has 0 aromatic heterocycles. The van der Waals surface area contributed by atoms with Crippen LogP contribution in [0.3, 0.4) is 0 Å². The Balaban J connectivity index is 1.73. The minimum Gasteiger partial charge on any atom is -0.459 e. The van der Waals surface area contributed by atoms with Gasteiger partial charge < -0.3 is 14.3 Å². The molecule has 0 bridgehead atoms. The van der Waals surface area contributed by atoms with Crippen molar-refractivity contribution >= 4 is 6.08 Å². The Hall–Kier alpha value is -2.57. The Morgan fingerprint density at radius 3 is 2.10 bits per heavy atom. The molecule has 0 saturated heterocycles. The van der Waals surface area contributed by atoms with E-state index in [-0.39, 0.29) is 0 Å². The molecule has 0 saturated carbocycles. The lowest BCUT2D eigenvalue weighted by molar-refractivity contribution is 0.0164. The number of ether oxygens (including phenoxy) is 2. The topological polar surface area (TPSA) is 89.6 Å². The number of nitrogens with one attached hydrogen (secondary N) is 2. The van der Waals surface area contributed by atoms with Crippen molar-refractivity contribution in [3.8, 4) is 11.5 Å². The van der Waals surface area contributed by atoms with Gasteiger partial charge in [-0.3, -0.25) is 5.73 Å². The zero-order valence-electron chi connectivity index (χ0n) is 10.7. The predicted octanol–water partition coefficient (Wildman–Crippen LogP) is 1.84. The number of hydroxylamine groups is 1. The van der Waals surface area contributed by atoms with Crippen LogP contribution in [0.2, 0.25) is 0 Å². The van der Waals surface area contributed by atoms with E-state index in [4.69, 9.17) is 25.5 Å². The van der Waals surface area contributed by atoms with Gasteiger partial charge >= 0.3 is 6.08 Å². The van der Waals surface area contributed by atoms with Crippen molar-refractivity contribution in [2.45, 2.75) is 6.35 Å². The van der Waals surface area contributed by atoms with Crippen LogP contribution < -0.4 is 20.7 Å². The van der Waals surface area contributed by atoms with Crippen LogP contribution in [-0.2, 0) is 4.84 Å². The molecule has 0 aliphatic heterocycles. The SMILES string of the molecule is N=C(ONC(N)Oc1ccccc1)Oc1ccccc1. The summed E-state index contributed by atoms with van der Waals surface area (Å²) in [6.07, 6.45) is -1.35. The maximum atomic E-state index is 7.48. The zero-order valence-corrected chi connectivity index (χ0v) is 10.7. The summed E-state index contributed by atoms with van der Waals surface area (Å²) in [5.74, 6) is 1.09. The monoisotopic (exact) mass is 273 g/mol. The summed E-state index contributed by atoms with van der Waals surface area (Å²) < 4.78 is 10.4. The predicted molar refractivity (Wildman–Crippen MR) is 74.1 cm³/mol. The quantitative estimate of drug-likeness (QED) is 0.335. The maximum absolute atomic E-state index is 7.48. The Morgan fingerprint density at radius 2 is 1.50 bits per heavy atom. The summed E-state index contributed by atoms with van der Waals surface area (Å²) >= 11 is 0. The molecule has 0 aliphatic rings. The highest BCUT2D eigenvalue weighted by Crippen LogP contribution is 2.09. The average Bonchev–Trinajstić information content (AvgIpc) is 2.47. The van der Waals surface area contributed by atoms with Gasteiger partial charge in [-0.2, -0.15) is 0 Å². The second kappa shape index (κ2) is 7.13. The van der Waals surface area contributed by atoms with Crippen molar-refractivity contribution in [2.24, 2.45) is 5.73 Å². The molecule has 1 atom stereocenters. The van der Waals surface area contributed by atoms with Crippen molar-refractivity contribution < 1.29 is 14.3 Å². The number of hydrogen-bond donors (Lipinski definition) is 3. The van der Waals surface area contributed by atoms with Gasteiger partial charge in [0, 0.05) is 0 Å². The highest BCUT2D eigenvalue weighted by molar-refractivity contribution is 5.65. The fourth-order valence-electron chi connectivity index (χ4n) is 1.40. The molecule has 6 nitrogen and oxygen atoms in total. The van der Waals surface area contributed by atoms with Gasteiger partial charge in [0.25, 0.3) is 0 Å². The third kappa shape index (κ3) is 4.60. The number of para-hydroxylation sites is 2. The van der Waals surface area contributed by atoms with Gasteiger partial charge in [-0.1, -0.05) is 41.9 Å². The highest BCUT2D eigenvalue weighted by atomic mass is 16.8. The van der Waals surface area contributed by atoms with Crippen molar-refractivity contribution in [1.29, 1.82) is 5.41 Å². The number of benzene rings is 2. The van der Waals surface area contributed by atoms with Gasteiger partial charge in [0.05, 0.1) is 0 Å². The highest BCUT2D eigenvalue weighted by Gasteiger charge is 2.07. The van der Waals surface area contributed by atoms with Crippen molar-refractivity contribution in [3.63, 3.8) is 0 Å². The first-order chi connectivity index (χ1) is 9.74. The normalized spacial score (nSPS) is 11.4. The minimum absolute atomic E-state index is 0.427.